The SMILES string of the molecule is CCNC(=O)Nc1ccc2[nH]cc(C(=O)N(C(=O)C(N)c3ccc(O)cc3)[C@@H]3C(=O)N4[C@@H]3SC(C)(C)[C@@H]4C(=O)O)c(=O)c2c1. The van der Waals surface area contributed by atoms with Crippen molar-refractivity contribution in [2.24, 2.45) is 5.73 Å². The summed E-state index contributed by atoms with van der Waals surface area (Å²) in [4.78, 5) is 84.0. The van der Waals surface area contributed by atoms with Crippen LogP contribution in [0.1, 0.15) is 42.7 Å². The van der Waals surface area contributed by atoms with E-state index in [1.54, 1.807) is 26.8 Å². The fraction of sp³-hybridized carbons (Fsp3) is 0.310. The molecule has 0 bridgehead atoms. The van der Waals surface area contributed by atoms with Crippen LogP contribution in [0.2, 0.25) is 0 Å². The van der Waals surface area contributed by atoms with E-state index in [0.717, 1.165) is 22.9 Å². The number of nitrogens with zero attached hydrogens (tertiary/aromatic N) is 2. The molecule has 2 aliphatic rings. The number of carboxylic acids is 1. The van der Waals surface area contributed by atoms with Crippen LogP contribution >= 0.6 is 11.8 Å². The normalized spacial score (nSPS) is 20.8. The van der Waals surface area contributed by atoms with Gasteiger partial charge in [0.1, 0.15) is 34.8 Å². The third-order valence-electron chi connectivity index (χ3n) is 7.61. The number of fused-ring (bicyclic) bond motifs is 2. The number of carboxylic acid groups (broad SMARTS) is 1. The largest absolute Gasteiger partial charge is 0.508 e. The Hall–Kier alpha value is -4.89. The highest BCUT2D eigenvalue weighted by atomic mass is 32.2. The maximum absolute atomic E-state index is 14.1. The lowest BCUT2D eigenvalue weighted by atomic mass is 9.94. The van der Waals surface area contributed by atoms with Gasteiger partial charge in [0.15, 0.2) is 0 Å². The van der Waals surface area contributed by atoms with E-state index in [1.165, 1.54) is 36.4 Å². The third kappa shape index (κ3) is 5.13. The summed E-state index contributed by atoms with van der Waals surface area (Å²) in [6, 6.07) is 5.22. The van der Waals surface area contributed by atoms with Crippen molar-refractivity contribution in [3.8, 4) is 5.75 Å². The molecular weight excluding hydrogens is 592 g/mol. The van der Waals surface area contributed by atoms with E-state index in [4.69, 9.17) is 5.73 Å². The maximum atomic E-state index is 14.1. The molecule has 44 heavy (non-hydrogen) atoms. The summed E-state index contributed by atoms with van der Waals surface area (Å²) in [5, 5.41) is 23.8. The van der Waals surface area contributed by atoms with Crippen LogP contribution in [-0.4, -0.2) is 83.5 Å². The van der Waals surface area contributed by atoms with Crippen molar-refractivity contribution >= 4 is 58.1 Å². The molecule has 0 saturated carbocycles. The summed E-state index contributed by atoms with van der Waals surface area (Å²) in [7, 11) is 0. The van der Waals surface area contributed by atoms with Gasteiger partial charge in [0.25, 0.3) is 17.7 Å². The summed E-state index contributed by atoms with van der Waals surface area (Å²) in [5.41, 5.74) is 5.87. The standard InChI is InChI=1S/C29H30N6O8S/c1-4-31-28(43)33-14-7-10-18-16(11-14)21(37)17(12-32-18)23(38)34(24(39)19(30)13-5-8-15(36)9-6-13)20-25(40)35-22(27(41)42)29(2,3)44-26(20)35/h5-12,19-20,22,26,36H,4,30H2,1-3H3,(H,32,37)(H,41,42)(H2,31,33,43)/t19?,20-,22+,26-/m1/s1. The number of nitrogens with one attached hydrogen (secondary N) is 3. The maximum Gasteiger partial charge on any atom is 0.327 e. The number of pyridine rings is 1. The highest BCUT2D eigenvalue weighted by molar-refractivity contribution is 8.01. The van der Waals surface area contributed by atoms with Gasteiger partial charge in [0, 0.05) is 34.1 Å². The van der Waals surface area contributed by atoms with Crippen LogP contribution in [0.5, 0.6) is 5.75 Å². The number of phenolic OH excluding ortho intramolecular Hbond substituents is 1. The minimum atomic E-state index is -1.47. The molecule has 0 radical (unpaired) electrons. The van der Waals surface area contributed by atoms with Gasteiger partial charge in [-0.15, -0.1) is 11.8 Å². The number of carbonyl (C=O) groups is 5. The van der Waals surface area contributed by atoms with Crippen molar-refractivity contribution in [2.75, 3.05) is 11.9 Å². The first kappa shape index (κ1) is 30.6. The average Bonchev–Trinajstić information content (AvgIpc) is 3.23. The lowest BCUT2D eigenvalue weighted by Crippen LogP contribution is -2.72. The van der Waals surface area contributed by atoms with Crippen molar-refractivity contribution in [2.45, 2.75) is 49.0 Å². The molecule has 1 unspecified atom stereocenters. The highest BCUT2D eigenvalue weighted by Crippen LogP contribution is 2.52. The second-order valence-electron chi connectivity index (χ2n) is 10.9. The summed E-state index contributed by atoms with van der Waals surface area (Å²) in [6.07, 6.45) is 1.13. The number of aromatic amines is 1. The number of thioether (sulfide) groups is 1. The topological polar surface area (TPSA) is 215 Å². The molecule has 14 nitrogen and oxygen atoms in total. The molecule has 230 valence electrons. The van der Waals surface area contributed by atoms with Gasteiger partial charge in [-0.1, -0.05) is 12.1 Å². The van der Waals surface area contributed by atoms with Crippen LogP contribution in [0.4, 0.5) is 10.5 Å². The van der Waals surface area contributed by atoms with Gasteiger partial charge in [-0.05, 0) is 56.7 Å². The number of hydrogen-bond acceptors (Lipinski definition) is 9. The zero-order valence-corrected chi connectivity index (χ0v) is 24.7. The van der Waals surface area contributed by atoms with Gasteiger partial charge in [-0.2, -0.15) is 0 Å². The molecule has 5 rings (SSSR count). The third-order valence-corrected chi connectivity index (χ3v) is 9.16. The van der Waals surface area contributed by atoms with Crippen molar-refractivity contribution in [3.63, 3.8) is 0 Å². The smallest absolute Gasteiger partial charge is 0.327 e. The molecule has 2 aliphatic heterocycles. The number of β-lactam (4-membered cyclic amide) rings is 1. The van der Waals surface area contributed by atoms with E-state index in [-0.39, 0.29) is 22.4 Å². The fourth-order valence-corrected chi connectivity index (χ4v) is 7.16. The van der Waals surface area contributed by atoms with Crippen molar-refractivity contribution in [1.82, 2.24) is 20.1 Å². The predicted molar refractivity (Wildman–Crippen MR) is 161 cm³/mol. The van der Waals surface area contributed by atoms with E-state index in [1.807, 2.05) is 0 Å². The van der Waals surface area contributed by atoms with Crippen LogP contribution in [0.25, 0.3) is 10.9 Å². The number of nitrogens with two attached hydrogens (primary N) is 1. The minimum absolute atomic E-state index is 0.0317. The average molecular weight is 623 g/mol. The van der Waals surface area contributed by atoms with Crippen molar-refractivity contribution in [3.05, 3.63) is 70.0 Å². The molecule has 2 saturated heterocycles. The first-order chi connectivity index (χ1) is 20.8. The summed E-state index contributed by atoms with van der Waals surface area (Å²) < 4.78 is -0.953. The Kier molecular flexibility index (Phi) is 7.86. The van der Waals surface area contributed by atoms with Gasteiger partial charge in [0.05, 0.1) is 0 Å². The zero-order valence-electron chi connectivity index (χ0n) is 23.9. The van der Waals surface area contributed by atoms with Crippen molar-refractivity contribution < 1.29 is 34.2 Å². The molecule has 4 atom stereocenters. The van der Waals surface area contributed by atoms with Crippen LogP contribution < -0.4 is 21.8 Å². The number of amides is 5. The second kappa shape index (κ2) is 11.3. The Morgan fingerprint density at radius 1 is 1.14 bits per heavy atom. The lowest BCUT2D eigenvalue weighted by Gasteiger charge is -2.47. The van der Waals surface area contributed by atoms with E-state index in [9.17, 15) is 39.0 Å². The van der Waals surface area contributed by atoms with Gasteiger partial charge in [-0.25, -0.2) is 9.59 Å². The Balaban J connectivity index is 1.57. The molecule has 3 aromatic rings. The second-order valence-corrected chi connectivity index (χ2v) is 12.7. The van der Waals surface area contributed by atoms with E-state index < -0.39 is 69.0 Å². The number of imide groups is 1. The molecule has 7 N–H and O–H groups in total. The molecular formula is C29H30N6O8S. The number of rotatable bonds is 7. The number of aromatic nitrogens is 1. The number of anilines is 1. The molecule has 3 heterocycles. The Morgan fingerprint density at radius 3 is 2.45 bits per heavy atom. The lowest BCUT2D eigenvalue weighted by molar-refractivity contribution is -0.166. The molecule has 2 fully saturated rings. The number of aromatic hydroxyl groups is 1. The van der Waals surface area contributed by atoms with Crippen LogP contribution in [0.15, 0.2) is 53.5 Å². The highest BCUT2D eigenvalue weighted by Gasteiger charge is 2.66. The zero-order chi connectivity index (χ0) is 32.1. The minimum Gasteiger partial charge on any atom is -0.508 e. The molecule has 1 aromatic heterocycles. The first-order valence-electron chi connectivity index (χ1n) is 13.6. The van der Waals surface area contributed by atoms with Gasteiger partial charge in [-0.3, -0.25) is 24.1 Å². The molecule has 0 aliphatic carbocycles. The number of carbonyl (C=O) groups excluding carboxylic acids is 4. The summed E-state index contributed by atoms with van der Waals surface area (Å²) >= 11 is 1.12. The number of H-pyrrole nitrogens is 1. The number of benzene rings is 2. The summed E-state index contributed by atoms with van der Waals surface area (Å²) in [5.74, 6) is -4.19. The Morgan fingerprint density at radius 2 is 1.82 bits per heavy atom. The van der Waals surface area contributed by atoms with Crippen molar-refractivity contribution in [1.29, 1.82) is 0 Å². The Bertz CT molecular complexity index is 1760. The monoisotopic (exact) mass is 622 g/mol. The predicted octanol–water partition coefficient (Wildman–Crippen LogP) is 1.56. The fourth-order valence-electron chi connectivity index (χ4n) is 5.49. The molecule has 5 amide bonds. The summed E-state index contributed by atoms with van der Waals surface area (Å²) in [6.45, 7) is 5.41. The molecule has 2 aromatic carbocycles. The number of phenols is 1. The van der Waals surface area contributed by atoms with Crippen LogP contribution in [0, 0.1) is 0 Å². The van der Waals surface area contributed by atoms with E-state index >= 15 is 0 Å². The number of urea groups is 1. The van der Waals surface area contributed by atoms with E-state index in [2.05, 4.69) is 15.6 Å². The van der Waals surface area contributed by atoms with E-state index in [0.29, 0.717) is 17.0 Å². The quantitative estimate of drug-likeness (QED) is 0.209. The number of hydrogen-bond donors (Lipinski definition) is 6. The molecule has 15 heteroatoms. The van der Waals surface area contributed by atoms with Gasteiger partial charge in [0.2, 0.25) is 5.43 Å². The number of aliphatic carboxylic acids is 1. The Labute approximate surface area is 254 Å². The first-order valence-corrected chi connectivity index (χ1v) is 14.5. The van der Waals surface area contributed by atoms with Crippen LogP contribution in [0.3, 0.4) is 0 Å². The van der Waals surface area contributed by atoms with Crippen LogP contribution in [-0.2, 0) is 14.4 Å². The molecule has 0 spiro atoms. The van der Waals surface area contributed by atoms with Gasteiger partial charge >= 0.3 is 12.0 Å². The van der Waals surface area contributed by atoms with Gasteiger partial charge < -0.3 is 36.5 Å².